The summed E-state index contributed by atoms with van der Waals surface area (Å²) in [5, 5.41) is 0.938. The maximum absolute atomic E-state index is 14.7. The van der Waals surface area contributed by atoms with E-state index in [4.69, 9.17) is 10.5 Å². The summed E-state index contributed by atoms with van der Waals surface area (Å²) in [5.74, 6) is 0.0717. The average molecular weight is 505 g/mol. The van der Waals surface area contributed by atoms with Crippen molar-refractivity contribution in [1.82, 2.24) is 19.2 Å². The molecule has 2 saturated heterocycles. The van der Waals surface area contributed by atoms with Crippen LogP contribution < -0.4 is 15.4 Å². The van der Waals surface area contributed by atoms with E-state index in [2.05, 4.69) is 28.1 Å². The van der Waals surface area contributed by atoms with E-state index in [1.807, 2.05) is 4.90 Å². The fourth-order valence-electron chi connectivity index (χ4n) is 4.50. The number of likely N-dealkylation sites (tertiary alicyclic amines) is 1. The van der Waals surface area contributed by atoms with Crippen molar-refractivity contribution in [3.63, 3.8) is 0 Å². The Balaban J connectivity index is 1.32. The number of benzene rings is 1. The quantitative estimate of drug-likeness (QED) is 0.589. The second-order valence-electron chi connectivity index (χ2n) is 9.40. The molecular weight excluding hydrogens is 471 g/mol. The van der Waals surface area contributed by atoms with Crippen molar-refractivity contribution < 1.29 is 18.7 Å². The van der Waals surface area contributed by atoms with Crippen LogP contribution in [0.25, 0.3) is 0 Å². The van der Waals surface area contributed by atoms with E-state index in [1.54, 1.807) is 7.05 Å². The maximum atomic E-state index is 14.7. The first-order valence-corrected chi connectivity index (χ1v) is 12.9. The molecule has 2 N–H and O–H groups in total. The Morgan fingerprint density at radius 1 is 1.29 bits per heavy atom. The molecule has 190 valence electrons. The molecule has 1 aromatic heterocycles. The lowest BCUT2D eigenvalue weighted by Gasteiger charge is -2.36. The van der Waals surface area contributed by atoms with Crippen molar-refractivity contribution in [1.29, 1.82) is 0 Å². The lowest BCUT2D eigenvalue weighted by molar-refractivity contribution is -0.135. The van der Waals surface area contributed by atoms with Crippen LogP contribution >= 0.6 is 11.5 Å². The molecular formula is C24H33FN6O3S. The number of amides is 2. The molecule has 9 nitrogen and oxygen atoms in total. The highest BCUT2D eigenvalue weighted by atomic mass is 32.1. The van der Waals surface area contributed by atoms with Crippen LogP contribution in [0.2, 0.25) is 0 Å². The number of carbonyl (C=O) groups is 2. The van der Waals surface area contributed by atoms with Crippen LogP contribution in [0, 0.1) is 5.82 Å². The van der Waals surface area contributed by atoms with Crippen molar-refractivity contribution in [3.05, 3.63) is 35.4 Å². The van der Waals surface area contributed by atoms with Crippen molar-refractivity contribution in [2.24, 2.45) is 5.73 Å². The summed E-state index contributed by atoms with van der Waals surface area (Å²) in [6, 6.07) is 4.21. The number of likely N-dealkylation sites (N-methyl/N-ethyl adjacent to an activating group) is 1. The minimum absolute atomic E-state index is 0.0183. The van der Waals surface area contributed by atoms with Crippen LogP contribution in [-0.2, 0) is 4.79 Å². The van der Waals surface area contributed by atoms with Gasteiger partial charge in [-0.15, -0.1) is 0 Å². The number of anilines is 1. The number of halogens is 1. The molecule has 3 heterocycles. The van der Waals surface area contributed by atoms with Crippen LogP contribution in [0.4, 0.5) is 9.52 Å². The van der Waals surface area contributed by atoms with Gasteiger partial charge < -0.3 is 25.2 Å². The smallest absolute Gasteiger partial charge is 0.263 e. The van der Waals surface area contributed by atoms with E-state index in [9.17, 15) is 14.0 Å². The van der Waals surface area contributed by atoms with Gasteiger partial charge in [0.25, 0.3) is 11.8 Å². The second-order valence-corrected chi connectivity index (χ2v) is 10.1. The number of nitrogens with zero attached hydrogens (tertiary/aromatic N) is 5. The molecule has 1 unspecified atom stereocenters. The molecule has 1 aromatic carbocycles. The summed E-state index contributed by atoms with van der Waals surface area (Å²) >= 11 is 1.43. The predicted octanol–water partition coefficient (Wildman–Crippen LogP) is 2.48. The topological polar surface area (TPSA) is 105 Å². The van der Waals surface area contributed by atoms with Gasteiger partial charge in [0, 0.05) is 75.2 Å². The van der Waals surface area contributed by atoms with Gasteiger partial charge in [0.2, 0.25) is 5.13 Å². The zero-order chi connectivity index (χ0) is 25.1. The van der Waals surface area contributed by atoms with E-state index in [-0.39, 0.29) is 29.2 Å². The number of carbonyl (C=O) groups excluding carboxylic acids is 2. The molecule has 4 rings (SSSR count). The zero-order valence-corrected chi connectivity index (χ0v) is 21.3. The number of rotatable bonds is 8. The zero-order valence-electron chi connectivity index (χ0n) is 20.4. The SMILES string of the molecule is CC(C)c1nsc(N2CCC(N3CCC(Oc4ccc(C(=O)N(C)CCN)cc4F)C3=O)CC2)n1. The summed E-state index contributed by atoms with van der Waals surface area (Å²) in [6.07, 6.45) is 1.47. The Kier molecular flexibility index (Phi) is 7.85. The average Bonchev–Trinajstić information content (AvgIpc) is 3.48. The van der Waals surface area contributed by atoms with Crippen LogP contribution in [0.15, 0.2) is 18.2 Å². The molecule has 35 heavy (non-hydrogen) atoms. The summed E-state index contributed by atoms with van der Waals surface area (Å²) < 4.78 is 24.9. The summed E-state index contributed by atoms with van der Waals surface area (Å²) in [7, 11) is 1.62. The molecule has 11 heteroatoms. The molecule has 0 spiro atoms. The number of hydrogen-bond acceptors (Lipinski definition) is 8. The molecule has 2 aliphatic rings. The van der Waals surface area contributed by atoms with Crippen molar-refractivity contribution in [2.75, 3.05) is 44.7 Å². The van der Waals surface area contributed by atoms with E-state index >= 15 is 0 Å². The molecule has 2 aromatic rings. The van der Waals surface area contributed by atoms with Gasteiger partial charge in [-0.25, -0.2) is 9.37 Å². The number of hydrogen-bond donors (Lipinski definition) is 1. The highest BCUT2D eigenvalue weighted by Gasteiger charge is 2.39. The van der Waals surface area contributed by atoms with Gasteiger partial charge in [-0.2, -0.15) is 4.37 Å². The van der Waals surface area contributed by atoms with Crippen LogP contribution in [0.1, 0.15) is 55.2 Å². The minimum Gasteiger partial charge on any atom is -0.477 e. The number of nitrogens with two attached hydrogens (primary N) is 1. The molecule has 2 fully saturated rings. The predicted molar refractivity (Wildman–Crippen MR) is 132 cm³/mol. The standard InChI is InChI=1S/C24H33FN6O3S/c1-15(2)21-27-24(35-28-21)30-10-6-17(7-11-30)31-12-8-20(23(31)33)34-19-5-4-16(14-18(19)25)22(32)29(3)13-9-26/h4-5,14-15,17,20H,6-13,26H2,1-3H3. The van der Waals surface area contributed by atoms with Crippen LogP contribution in [-0.4, -0.2) is 82.9 Å². The molecule has 2 amide bonds. The molecule has 0 aliphatic carbocycles. The third-order valence-electron chi connectivity index (χ3n) is 6.57. The van der Waals surface area contributed by atoms with E-state index in [1.165, 1.54) is 28.6 Å². The third kappa shape index (κ3) is 5.56. The second kappa shape index (κ2) is 10.9. The van der Waals surface area contributed by atoms with Gasteiger partial charge >= 0.3 is 0 Å². The first kappa shape index (κ1) is 25.3. The van der Waals surface area contributed by atoms with Gasteiger partial charge in [0.05, 0.1) is 0 Å². The van der Waals surface area contributed by atoms with Gasteiger partial charge in [0.1, 0.15) is 5.82 Å². The normalized spacial score (nSPS) is 19.0. The van der Waals surface area contributed by atoms with E-state index < -0.39 is 11.9 Å². The lowest BCUT2D eigenvalue weighted by Crippen LogP contribution is -2.47. The summed E-state index contributed by atoms with van der Waals surface area (Å²) in [5.41, 5.74) is 5.70. The summed E-state index contributed by atoms with van der Waals surface area (Å²) in [4.78, 5) is 35.6. The van der Waals surface area contributed by atoms with E-state index in [0.29, 0.717) is 32.0 Å². The number of piperidine rings is 1. The first-order chi connectivity index (χ1) is 16.8. The minimum atomic E-state index is -0.722. The number of aromatic nitrogens is 2. The molecule has 2 aliphatic heterocycles. The Hall–Kier alpha value is -2.79. The maximum Gasteiger partial charge on any atom is 0.263 e. The Morgan fingerprint density at radius 3 is 2.66 bits per heavy atom. The van der Waals surface area contributed by atoms with Gasteiger partial charge in [-0.1, -0.05) is 13.8 Å². The van der Waals surface area contributed by atoms with Crippen molar-refractivity contribution in [3.8, 4) is 5.75 Å². The molecule has 0 radical (unpaired) electrons. The van der Waals surface area contributed by atoms with Crippen LogP contribution in [0.5, 0.6) is 5.75 Å². The molecule has 0 bridgehead atoms. The van der Waals surface area contributed by atoms with E-state index in [0.717, 1.165) is 43.0 Å². The highest BCUT2D eigenvalue weighted by molar-refractivity contribution is 7.09. The largest absolute Gasteiger partial charge is 0.477 e. The Morgan fingerprint density at radius 2 is 2.03 bits per heavy atom. The van der Waals surface area contributed by atoms with Gasteiger partial charge in [0.15, 0.2) is 17.7 Å². The molecule has 1 atom stereocenters. The highest BCUT2D eigenvalue weighted by Crippen LogP contribution is 2.30. The lowest BCUT2D eigenvalue weighted by atomic mass is 10.0. The third-order valence-corrected chi connectivity index (χ3v) is 7.36. The first-order valence-electron chi connectivity index (χ1n) is 12.1. The fraction of sp³-hybridized carbons (Fsp3) is 0.583. The van der Waals surface area contributed by atoms with Crippen molar-refractivity contribution in [2.45, 2.75) is 51.2 Å². The number of ether oxygens (including phenoxy) is 1. The Bertz CT molecular complexity index is 1060. The fourth-order valence-corrected chi connectivity index (χ4v) is 5.36. The molecule has 0 saturated carbocycles. The Labute approximate surface area is 209 Å². The van der Waals surface area contributed by atoms with Crippen LogP contribution in [0.3, 0.4) is 0 Å². The van der Waals surface area contributed by atoms with Gasteiger partial charge in [-0.3, -0.25) is 9.59 Å². The van der Waals surface area contributed by atoms with Crippen molar-refractivity contribution >= 4 is 28.5 Å². The summed E-state index contributed by atoms with van der Waals surface area (Å²) in [6.45, 7) is 7.09. The van der Waals surface area contributed by atoms with Gasteiger partial charge in [-0.05, 0) is 31.0 Å². The monoisotopic (exact) mass is 504 g/mol.